The van der Waals surface area contributed by atoms with Crippen molar-refractivity contribution in [3.05, 3.63) is 41.5 Å². The minimum atomic E-state index is -4.61. The lowest BCUT2D eigenvalue weighted by Gasteiger charge is -2.32. The zero-order valence-electron chi connectivity index (χ0n) is 13.3. The van der Waals surface area contributed by atoms with Crippen LogP contribution >= 0.6 is 0 Å². The van der Waals surface area contributed by atoms with Crippen LogP contribution in [0.5, 0.6) is 0 Å². The van der Waals surface area contributed by atoms with Crippen molar-refractivity contribution in [3.63, 3.8) is 0 Å². The molecule has 0 bridgehead atoms. The number of fused-ring (bicyclic) bond motifs is 1. The van der Waals surface area contributed by atoms with E-state index in [0.29, 0.717) is 22.3 Å². The van der Waals surface area contributed by atoms with E-state index in [-0.39, 0.29) is 18.9 Å². The van der Waals surface area contributed by atoms with Crippen LogP contribution in [0.15, 0.2) is 29.2 Å². The summed E-state index contributed by atoms with van der Waals surface area (Å²) in [5.41, 5.74) is -1.000. The molecule has 0 saturated carbocycles. The minimum absolute atomic E-state index is 0.191. The Morgan fingerprint density at radius 1 is 1.23 bits per heavy atom. The monoisotopic (exact) mass is 390 g/mol. The van der Waals surface area contributed by atoms with Crippen LogP contribution in [-0.4, -0.2) is 44.6 Å². The Hall–Kier alpha value is -2.47. The topological polar surface area (TPSA) is 105 Å². The Labute approximate surface area is 145 Å². The Morgan fingerprint density at radius 2 is 1.85 bits per heavy atom. The zero-order chi connectivity index (χ0) is 19.3. The lowest BCUT2D eigenvalue weighted by atomic mass is 10.2. The van der Waals surface area contributed by atoms with Gasteiger partial charge in [0.2, 0.25) is 10.0 Å². The highest BCUT2D eigenvalue weighted by molar-refractivity contribution is 7.89. The first kappa shape index (κ1) is 18.3. The van der Waals surface area contributed by atoms with Crippen LogP contribution in [0.25, 0.3) is 0 Å². The molecule has 1 aliphatic rings. The molecule has 0 saturated heterocycles. The molecule has 3 rings (SSSR count). The SMILES string of the molecule is Cc1nnc2n1CC(C(=O)O)N(S(=O)(=O)c1ccc(C(F)(F)F)cc1)C2. The quantitative estimate of drug-likeness (QED) is 0.846. The zero-order valence-corrected chi connectivity index (χ0v) is 14.1. The summed E-state index contributed by atoms with van der Waals surface area (Å²) in [4.78, 5) is 11.1. The molecule has 26 heavy (non-hydrogen) atoms. The second-order valence-corrected chi connectivity index (χ2v) is 7.59. The first-order valence-electron chi connectivity index (χ1n) is 7.32. The van der Waals surface area contributed by atoms with Crippen molar-refractivity contribution in [1.29, 1.82) is 0 Å². The van der Waals surface area contributed by atoms with Crippen LogP contribution in [0, 0.1) is 6.92 Å². The van der Waals surface area contributed by atoms with Gasteiger partial charge >= 0.3 is 12.1 Å². The number of rotatable bonds is 3. The van der Waals surface area contributed by atoms with Gasteiger partial charge in [-0.15, -0.1) is 10.2 Å². The predicted octanol–water partition coefficient (Wildman–Crippen LogP) is 1.26. The molecule has 1 atom stereocenters. The number of aliphatic carboxylic acids is 1. The summed E-state index contributed by atoms with van der Waals surface area (Å²) < 4.78 is 65.8. The second kappa shape index (κ2) is 6.06. The van der Waals surface area contributed by atoms with E-state index in [1.54, 1.807) is 6.92 Å². The number of halogens is 3. The largest absolute Gasteiger partial charge is 0.480 e. The molecule has 1 aromatic carbocycles. The predicted molar refractivity (Wildman–Crippen MR) is 80.4 cm³/mol. The van der Waals surface area contributed by atoms with Gasteiger partial charge in [0.15, 0.2) is 0 Å². The number of aryl methyl sites for hydroxylation is 1. The average molecular weight is 390 g/mol. The molecule has 0 aliphatic carbocycles. The Morgan fingerprint density at radius 3 is 2.38 bits per heavy atom. The highest BCUT2D eigenvalue weighted by Crippen LogP contribution is 2.31. The Kier molecular flexibility index (Phi) is 4.27. The number of carbonyl (C=O) groups is 1. The molecular weight excluding hydrogens is 377 g/mol. The lowest BCUT2D eigenvalue weighted by Crippen LogP contribution is -2.50. The van der Waals surface area contributed by atoms with E-state index in [0.717, 1.165) is 12.1 Å². The highest BCUT2D eigenvalue weighted by Gasteiger charge is 2.41. The molecule has 1 aromatic heterocycles. The van der Waals surface area contributed by atoms with Gasteiger partial charge in [0.1, 0.15) is 17.7 Å². The van der Waals surface area contributed by atoms with Gasteiger partial charge in [0, 0.05) is 0 Å². The number of aromatic nitrogens is 3. The summed E-state index contributed by atoms with van der Waals surface area (Å²) >= 11 is 0. The van der Waals surface area contributed by atoms with Crippen molar-refractivity contribution in [2.24, 2.45) is 0 Å². The maximum atomic E-state index is 12.8. The van der Waals surface area contributed by atoms with Crippen LogP contribution < -0.4 is 0 Å². The van der Waals surface area contributed by atoms with E-state index in [1.165, 1.54) is 4.57 Å². The molecular formula is C14H13F3N4O4S. The third kappa shape index (κ3) is 3.05. The van der Waals surface area contributed by atoms with Crippen LogP contribution in [0.4, 0.5) is 13.2 Å². The summed E-state index contributed by atoms with van der Waals surface area (Å²) in [6.45, 7) is 1.07. The second-order valence-electron chi connectivity index (χ2n) is 5.70. The van der Waals surface area contributed by atoms with E-state index < -0.39 is 38.7 Å². The van der Waals surface area contributed by atoms with Crippen LogP contribution in [-0.2, 0) is 34.1 Å². The average Bonchev–Trinajstić information content (AvgIpc) is 2.93. The van der Waals surface area contributed by atoms with Gasteiger partial charge in [0.25, 0.3) is 0 Å². The summed E-state index contributed by atoms with van der Waals surface area (Å²) in [5, 5.41) is 17.0. The fourth-order valence-corrected chi connectivity index (χ4v) is 4.23. The smallest absolute Gasteiger partial charge is 0.416 e. The number of benzene rings is 1. The van der Waals surface area contributed by atoms with Crippen LogP contribution in [0.2, 0.25) is 0 Å². The highest BCUT2D eigenvalue weighted by atomic mass is 32.2. The van der Waals surface area contributed by atoms with E-state index in [4.69, 9.17) is 0 Å². The molecule has 1 aliphatic heterocycles. The molecule has 0 fully saturated rings. The van der Waals surface area contributed by atoms with Crippen LogP contribution in [0.1, 0.15) is 17.2 Å². The van der Waals surface area contributed by atoms with Crippen molar-refractivity contribution < 1.29 is 31.5 Å². The Bertz CT molecular complexity index is 954. The fourth-order valence-electron chi connectivity index (χ4n) is 2.70. The number of hydrogen-bond acceptors (Lipinski definition) is 5. The van der Waals surface area contributed by atoms with E-state index >= 15 is 0 Å². The van der Waals surface area contributed by atoms with Crippen molar-refractivity contribution in [3.8, 4) is 0 Å². The molecule has 12 heteroatoms. The molecule has 140 valence electrons. The van der Waals surface area contributed by atoms with Crippen LogP contribution in [0.3, 0.4) is 0 Å². The molecule has 1 unspecified atom stereocenters. The first-order valence-corrected chi connectivity index (χ1v) is 8.76. The van der Waals surface area contributed by atoms with E-state index in [2.05, 4.69) is 10.2 Å². The number of carboxylic acids is 1. The summed E-state index contributed by atoms with van der Waals surface area (Å²) in [6, 6.07) is 1.46. The lowest BCUT2D eigenvalue weighted by molar-refractivity contribution is -0.142. The van der Waals surface area contributed by atoms with Crippen molar-refractivity contribution in [2.45, 2.75) is 37.1 Å². The third-order valence-electron chi connectivity index (χ3n) is 4.09. The van der Waals surface area contributed by atoms with Gasteiger partial charge in [-0.25, -0.2) is 8.42 Å². The molecule has 1 N–H and O–H groups in total. The number of nitrogens with zero attached hydrogens (tertiary/aromatic N) is 4. The Balaban J connectivity index is 2.01. The van der Waals surface area contributed by atoms with Gasteiger partial charge in [-0.1, -0.05) is 0 Å². The molecule has 0 radical (unpaired) electrons. The number of sulfonamides is 1. The van der Waals surface area contributed by atoms with Crippen molar-refractivity contribution in [1.82, 2.24) is 19.1 Å². The van der Waals surface area contributed by atoms with Gasteiger partial charge in [0.05, 0.1) is 23.5 Å². The molecule has 2 aromatic rings. The van der Waals surface area contributed by atoms with Gasteiger partial charge in [-0.3, -0.25) is 4.79 Å². The van der Waals surface area contributed by atoms with Crippen molar-refractivity contribution in [2.75, 3.05) is 0 Å². The summed E-state index contributed by atoms with van der Waals surface area (Å²) in [6.07, 6.45) is -4.61. The summed E-state index contributed by atoms with van der Waals surface area (Å²) in [7, 11) is -4.35. The third-order valence-corrected chi connectivity index (χ3v) is 5.95. The van der Waals surface area contributed by atoms with Gasteiger partial charge < -0.3 is 9.67 Å². The maximum absolute atomic E-state index is 12.8. The minimum Gasteiger partial charge on any atom is -0.480 e. The molecule has 2 heterocycles. The molecule has 0 amide bonds. The standard InChI is InChI=1S/C14H13F3N4O4S/c1-8-18-19-12-7-21(11(13(22)23)6-20(8)12)26(24,25)10-4-2-9(3-5-10)14(15,16)17/h2-5,11H,6-7H2,1H3,(H,22,23). The van der Waals surface area contributed by atoms with E-state index in [1.807, 2.05) is 0 Å². The number of hydrogen-bond donors (Lipinski definition) is 1. The van der Waals surface area contributed by atoms with E-state index in [9.17, 15) is 31.5 Å². The molecule has 8 nitrogen and oxygen atoms in total. The summed E-state index contributed by atoms with van der Waals surface area (Å²) in [5.74, 6) is -0.674. The number of alkyl halides is 3. The normalized spacial score (nSPS) is 18.5. The first-order chi connectivity index (χ1) is 12.0. The van der Waals surface area contributed by atoms with Gasteiger partial charge in [-0.05, 0) is 31.2 Å². The fraction of sp³-hybridized carbons (Fsp3) is 0.357. The maximum Gasteiger partial charge on any atom is 0.416 e. The number of carboxylic acid groups (broad SMARTS) is 1. The van der Waals surface area contributed by atoms with Gasteiger partial charge in [-0.2, -0.15) is 17.5 Å². The van der Waals surface area contributed by atoms with Crippen molar-refractivity contribution >= 4 is 16.0 Å². The molecule has 0 spiro atoms.